The lowest BCUT2D eigenvalue weighted by Gasteiger charge is -2.08. The van der Waals surface area contributed by atoms with Crippen LogP contribution in [-0.2, 0) is 14.6 Å². The van der Waals surface area contributed by atoms with Crippen molar-refractivity contribution in [2.75, 3.05) is 16.8 Å². The number of para-hydroxylation sites is 1. The standard InChI is InChI=1S/C15H16N2O3S/c1-11-6-8-12(9-7-11)17-15(18)10-21(19,20)14-5-3-2-4-13(14)16/h2-9H,10,16H2,1H3,(H,17,18). The zero-order chi connectivity index (χ0) is 15.5. The van der Waals surface area contributed by atoms with Gasteiger partial charge in [0.2, 0.25) is 5.91 Å². The van der Waals surface area contributed by atoms with Gasteiger partial charge in [-0.15, -0.1) is 0 Å². The van der Waals surface area contributed by atoms with E-state index >= 15 is 0 Å². The molecule has 0 unspecified atom stereocenters. The van der Waals surface area contributed by atoms with Crippen LogP contribution in [0.3, 0.4) is 0 Å². The van der Waals surface area contributed by atoms with E-state index in [0.29, 0.717) is 5.69 Å². The fourth-order valence-electron chi connectivity index (χ4n) is 1.85. The van der Waals surface area contributed by atoms with Crippen LogP contribution in [0.1, 0.15) is 5.56 Å². The van der Waals surface area contributed by atoms with Crippen molar-refractivity contribution in [3.05, 3.63) is 54.1 Å². The third kappa shape index (κ3) is 3.82. The molecule has 0 aliphatic rings. The van der Waals surface area contributed by atoms with Crippen LogP contribution in [0, 0.1) is 6.92 Å². The van der Waals surface area contributed by atoms with Crippen molar-refractivity contribution < 1.29 is 13.2 Å². The fraction of sp³-hybridized carbons (Fsp3) is 0.133. The van der Waals surface area contributed by atoms with Gasteiger partial charge in [0.15, 0.2) is 9.84 Å². The molecule has 3 N–H and O–H groups in total. The average molecular weight is 304 g/mol. The van der Waals surface area contributed by atoms with Gasteiger partial charge in [0.25, 0.3) is 0 Å². The summed E-state index contributed by atoms with van der Waals surface area (Å²) in [4.78, 5) is 11.8. The number of hydrogen-bond acceptors (Lipinski definition) is 4. The number of anilines is 2. The molecular formula is C15H16N2O3S. The van der Waals surface area contributed by atoms with Crippen molar-refractivity contribution in [2.24, 2.45) is 0 Å². The Kier molecular flexibility index (Phi) is 4.28. The number of hydrogen-bond donors (Lipinski definition) is 2. The molecule has 0 aromatic heterocycles. The molecule has 2 aromatic carbocycles. The predicted molar refractivity (Wildman–Crippen MR) is 82.7 cm³/mol. The number of benzene rings is 2. The van der Waals surface area contributed by atoms with E-state index < -0.39 is 21.5 Å². The lowest BCUT2D eigenvalue weighted by Crippen LogP contribution is -2.23. The summed E-state index contributed by atoms with van der Waals surface area (Å²) in [6.45, 7) is 1.92. The van der Waals surface area contributed by atoms with Gasteiger partial charge in [0.1, 0.15) is 5.75 Å². The lowest BCUT2D eigenvalue weighted by atomic mass is 10.2. The summed E-state index contributed by atoms with van der Waals surface area (Å²) in [5, 5.41) is 2.56. The minimum atomic E-state index is -3.76. The van der Waals surface area contributed by atoms with Gasteiger partial charge in [-0.25, -0.2) is 8.42 Å². The monoisotopic (exact) mass is 304 g/mol. The SMILES string of the molecule is Cc1ccc(NC(=O)CS(=O)(=O)c2ccccc2N)cc1. The van der Waals surface area contributed by atoms with Gasteiger partial charge in [0, 0.05) is 5.69 Å². The van der Waals surface area contributed by atoms with Crippen molar-refractivity contribution in [3.8, 4) is 0 Å². The first kappa shape index (κ1) is 15.1. The Morgan fingerprint density at radius 3 is 2.33 bits per heavy atom. The number of nitrogens with two attached hydrogens (primary N) is 1. The first-order valence-electron chi connectivity index (χ1n) is 6.32. The molecule has 2 rings (SSSR count). The van der Waals surface area contributed by atoms with E-state index in [1.807, 2.05) is 19.1 Å². The molecule has 0 aliphatic carbocycles. The molecular weight excluding hydrogens is 288 g/mol. The van der Waals surface area contributed by atoms with Crippen molar-refractivity contribution in [3.63, 3.8) is 0 Å². The fourth-order valence-corrected chi connectivity index (χ4v) is 3.13. The summed E-state index contributed by atoms with van der Waals surface area (Å²) in [6, 6.07) is 13.2. The summed E-state index contributed by atoms with van der Waals surface area (Å²) in [5.74, 6) is -1.24. The smallest absolute Gasteiger partial charge is 0.239 e. The zero-order valence-electron chi connectivity index (χ0n) is 11.5. The minimum Gasteiger partial charge on any atom is -0.398 e. The molecule has 5 nitrogen and oxygen atoms in total. The van der Waals surface area contributed by atoms with E-state index in [0.717, 1.165) is 5.56 Å². The molecule has 0 heterocycles. The van der Waals surface area contributed by atoms with Crippen molar-refractivity contribution in [1.29, 1.82) is 0 Å². The maximum atomic E-state index is 12.2. The number of aryl methyl sites for hydroxylation is 1. The Hall–Kier alpha value is -2.34. The van der Waals surface area contributed by atoms with Crippen LogP contribution in [0.5, 0.6) is 0 Å². The van der Waals surface area contributed by atoms with Crippen LogP contribution in [0.25, 0.3) is 0 Å². The van der Waals surface area contributed by atoms with E-state index in [2.05, 4.69) is 5.32 Å². The summed E-state index contributed by atoms with van der Waals surface area (Å²) in [5.41, 5.74) is 7.39. The Morgan fingerprint density at radius 2 is 1.71 bits per heavy atom. The summed E-state index contributed by atoms with van der Waals surface area (Å²) in [7, 11) is -3.76. The van der Waals surface area contributed by atoms with Crippen LogP contribution in [0.15, 0.2) is 53.4 Å². The van der Waals surface area contributed by atoms with Crippen LogP contribution >= 0.6 is 0 Å². The summed E-state index contributed by atoms with van der Waals surface area (Å²) >= 11 is 0. The van der Waals surface area contributed by atoms with Crippen LogP contribution in [0.2, 0.25) is 0 Å². The van der Waals surface area contributed by atoms with Gasteiger partial charge in [-0.3, -0.25) is 4.79 Å². The van der Waals surface area contributed by atoms with E-state index in [1.54, 1.807) is 24.3 Å². The molecule has 0 atom stereocenters. The van der Waals surface area contributed by atoms with Crippen molar-refractivity contribution >= 4 is 27.1 Å². The molecule has 0 fully saturated rings. The molecule has 0 bridgehead atoms. The number of rotatable bonds is 4. The number of sulfone groups is 1. The first-order valence-corrected chi connectivity index (χ1v) is 7.97. The Balaban J connectivity index is 2.12. The number of carbonyl (C=O) groups excluding carboxylic acids is 1. The van der Waals surface area contributed by atoms with Gasteiger partial charge in [-0.1, -0.05) is 29.8 Å². The van der Waals surface area contributed by atoms with Crippen LogP contribution in [0.4, 0.5) is 11.4 Å². The molecule has 1 amide bonds. The second-order valence-electron chi connectivity index (χ2n) is 4.71. The highest BCUT2D eigenvalue weighted by molar-refractivity contribution is 7.92. The molecule has 0 spiro atoms. The Bertz CT molecular complexity index is 753. The number of carbonyl (C=O) groups is 1. The quantitative estimate of drug-likeness (QED) is 0.845. The van der Waals surface area contributed by atoms with Gasteiger partial charge < -0.3 is 11.1 Å². The minimum absolute atomic E-state index is 0.0240. The zero-order valence-corrected chi connectivity index (χ0v) is 12.4. The molecule has 21 heavy (non-hydrogen) atoms. The van der Waals surface area contributed by atoms with Crippen LogP contribution in [-0.4, -0.2) is 20.1 Å². The maximum Gasteiger partial charge on any atom is 0.239 e. The Morgan fingerprint density at radius 1 is 1.10 bits per heavy atom. The molecule has 0 aliphatic heterocycles. The van der Waals surface area contributed by atoms with Gasteiger partial charge in [-0.05, 0) is 31.2 Å². The molecule has 6 heteroatoms. The van der Waals surface area contributed by atoms with Crippen LogP contribution < -0.4 is 11.1 Å². The predicted octanol–water partition coefficient (Wildman–Crippen LogP) is 1.99. The third-order valence-corrected chi connectivity index (χ3v) is 4.59. The average Bonchev–Trinajstić information content (AvgIpc) is 2.41. The molecule has 2 aromatic rings. The van der Waals surface area contributed by atoms with E-state index in [9.17, 15) is 13.2 Å². The lowest BCUT2D eigenvalue weighted by molar-refractivity contribution is -0.113. The topological polar surface area (TPSA) is 89.3 Å². The van der Waals surface area contributed by atoms with Crippen molar-refractivity contribution in [2.45, 2.75) is 11.8 Å². The van der Waals surface area contributed by atoms with Crippen molar-refractivity contribution in [1.82, 2.24) is 0 Å². The molecule has 0 radical (unpaired) electrons. The summed E-state index contributed by atoms with van der Waals surface area (Å²) in [6.07, 6.45) is 0. The molecule has 0 saturated heterocycles. The highest BCUT2D eigenvalue weighted by Crippen LogP contribution is 2.19. The highest BCUT2D eigenvalue weighted by atomic mass is 32.2. The van der Waals surface area contributed by atoms with E-state index in [1.165, 1.54) is 12.1 Å². The number of nitrogens with one attached hydrogen (secondary N) is 1. The second-order valence-corrected chi connectivity index (χ2v) is 6.67. The van der Waals surface area contributed by atoms with Gasteiger partial charge in [0.05, 0.1) is 10.6 Å². The van der Waals surface area contributed by atoms with Gasteiger partial charge >= 0.3 is 0 Å². The molecule has 110 valence electrons. The summed E-state index contributed by atoms with van der Waals surface area (Å²) < 4.78 is 24.3. The largest absolute Gasteiger partial charge is 0.398 e. The van der Waals surface area contributed by atoms with E-state index in [4.69, 9.17) is 5.73 Å². The Labute approximate surface area is 123 Å². The number of nitrogen functional groups attached to an aromatic ring is 1. The van der Waals surface area contributed by atoms with Gasteiger partial charge in [-0.2, -0.15) is 0 Å². The van der Waals surface area contributed by atoms with E-state index in [-0.39, 0.29) is 10.6 Å². The number of amides is 1. The first-order chi connectivity index (χ1) is 9.88. The highest BCUT2D eigenvalue weighted by Gasteiger charge is 2.21. The second kappa shape index (κ2) is 5.97. The normalized spacial score (nSPS) is 11.1. The maximum absolute atomic E-state index is 12.2. The third-order valence-electron chi connectivity index (χ3n) is 2.91. The molecule has 0 saturated carbocycles.